The lowest BCUT2D eigenvalue weighted by atomic mass is 10.1. The minimum Gasteiger partial charge on any atom is -0.417 e. The molecule has 0 fully saturated rings. The van der Waals surface area contributed by atoms with Crippen molar-refractivity contribution in [3.63, 3.8) is 0 Å². The number of hydrogen-bond acceptors (Lipinski definition) is 5. The molecule has 0 saturated heterocycles. The van der Waals surface area contributed by atoms with E-state index in [1.807, 2.05) is 19.9 Å². The first kappa shape index (κ1) is 20.0. The van der Waals surface area contributed by atoms with E-state index >= 15 is 0 Å². The molecule has 156 valence electrons. The molecule has 1 atom stereocenters. The van der Waals surface area contributed by atoms with E-state index in [1.54, 1.807) is 28.9 Å². The summed E-state index contributed by atoms with van der Waals surface area (Å²) in [5.74, 6) is 1.15. The smallest absolute Gasteiger partial charge is 0.416 e. The molecule has 1 unspecified atom stereocenters. The van der Waals surface area contributed by atoms with Crippen LogP contribution in [0.2, 0.25) is 0 Å². The summed E-state index contributed by atoms with van der Waals surface area (Å²) in [5.41, 5.74) is 2.44. The zero-order valence-corrected chi connectivity index (χ0v) is 16.2. The SMILES string of the molecule is Cc1cc(-c2nn3c(C)ncc3o2)ccc1NC(O)Cc1cccc(C(F)(F)F)c1. The van der Waals surface area contributed by atoms with Crippen molar-refractivity contribution in [3.05, 3.63) is 71.2 Å². The Balaban J connectivity index is 1.48. The first-order valence-corrected chi connectivity index (χ1v) is 9.23. The van der Waals surface area contributed by atoms with Crippen molar-refractivity contribution in [2.45, 2.75) is 32.7 Å². The monoisotopic (exact) mass is 416 g/mol. The molecular weight excluding hydrogens is 397 g/mol. The Bertz CT molecular complexity index is 1200. The maximum Gasteiger partial charge on any atom is 0.416 e. The number of rotatable bonds is 5. The van der Waals surface area contributed by atoms with Gasteiger partial charge in [0.1, 0.15) is 12.1 Å². The zero-order chi connectivity index (χ0) is 21.5. The maximum absolute atomic E-state index is 12.9. The van der Waals surface area contributed by atoms with Gasteiger partial charge in [0.25, 0.3) is 0 Å². The molecule has 2 heterocycles. The number of aromatic nitrogens is 3. The van der Waals surface area contributed by atoms with Crippen molar-refractivity contribution in [1.29, 1.82) is 0 Å². The molecule has 2 aromatic heterocycles. The number of aryl methyl sites for hydroxylation is 2. The standard InChI is InChI=1S/C21H19F3N4O2/c1-12-8-15(20-27-28-13(2)25-11-19(28)30-20)6-7-17(12)26-18(29)10-14-4-3-5-16(9-14)21(22,23)24/h3-9,11,18,26,29H,10H2,1-2H3. The van der Waals surface area contributed by atoms with Crippen LogP contribution in [-0.4, -0.2) is 25.9 Å². The quantitative estimate of drug-likeness (QED) is 0.465. The number of aliphatic hydroxyl groups excluding tert-OH is 1. The van der Waals surface area contributed by atoms with Gasteiger partial charge in [-0.1, -0.05) is 18.2 Å². The van der Waals surface area contributed by atoms with E-state index in [4.69, 9.17) is 4.42 Å². The van der Waals surface area contributed by atoms with Crippen molar-refractivity contribution in [1.82, 2.24) is 14.6 Å². The second kappa shape index (κ2) is 7.49. The number of benzene rings is 2. The second-order valence-corrected chi connectivity index (χ2v) is 7.05. The number of imidazole rings is 1. The zero-order valence-electron chi connectivity index (χ0n) is 16.2. The lowest BCUT2D eigenvalue weighted by molar-refractivity contribution is -0.137. The number of nitrogens with one attached hydrogen (secondary N) is 1. The van der Waals surface area contributed by atoms with Gasteiger partial charge in [-0.2, -0.15) is 17.7 Å². The first-order chi connectivity index (χ1) is 14.2. The molecule has 30 heavy (non-hydrogen) atoms. The summed E-state index contributed by atoms with van der Waals surface area (Å²) in [4.78, 5) is 4.11. The van der Waals surface area contributed by atoms with E-state index in [2.05, 4.69) is 15.4 Å². The summed E-state index contributed by atoms with van der Waals surface area (Å²) >= 11 is 0. The van der Waals surface area contributed by atoms with Gasteiger partial charge in [-0.3, -0.25) is 0 Å². The van der Waals surface area contributed by atoms with Crippen LogP contribution in [0.1, 0.15) is 22.5 Å². The molecule has 9 heteroatoms. The van der Waals surface area contributed by atoms with Gasteiger partial charge in [-0.05, 0) is 49.2 Å². The van der Waals surface area contributed by atoms with Crippen LogP contribution in [0.25, 0.3) is 17.2 Å². The van der Waals surface area contributed by atoms with Crippen LogP contribution >= 0.6 is 0 Å². The third-order valence-electron chi connectivity index (χ3n) is 4.75. The van der Waals surface area contributed by atoms with E-state index in [0.29, 0.717) is 28.7 Å². The second-order valence-electron chi connectivity index (χ2n) is 7.05. The van der Waals surface area contributed by atoms with Crippen molar-refractivity contribution in [2.24, 2.45) is 0 Å². The van der Waals surface area contributed by atoms with E-state index in [9.17, 15) is 18.3 Å². The molecular formula is C21H19F3N4O2. The van der Waals surface area contributed by atoms with Crippen molar-refractivity contribution >= 4 is 11.4 Å². The Morgan fingerprint density at radius 2 is 1.97 bits per heavy atom. The third-order valence-corrected chi connectivity index (χ3v) is 4.75. The molecule has 0 saturated carbocycles. The van der Waals surface area contributed by atoms with Crippen LogP contribution in [0.5, 0.6) is 0 Å². The summed E-state index contributed by atoms with van der Waals surface area (Å²) in [6.07, 6.45) is -3.84. The average Bonchev–Trinajstić information content (AvgIpc) is 3.25. The third kappa shape index (κ3) is 4.02. The number of hydrogen-bond donors (Lipinski definition) is 2. The predicted octanol–water partition coefficient (Wildman–Crippen LogP) is 4.60. The summed E-state index contributed by atoms with van der Waals surface area (Å²) < 4.78 is 45.9. The van der Waals surface area contributed by atoms with Gasteiger partial charge in [0.15, 0.2) is 0 Å². The fourth-order valence-corrected chi connectivity index (χ4v) is 3.22. The Kier molecular flexibility index (Phi) is 4.98. The molecule has 4 rings (SSSR count). The minimum atomic E-state index is -4.42. The molecule has 0 spiro atoms. The first-order valence-electron chi connectivity index (χ1n) is 9.23. The molecule has 2 aromatic carbocycles. The number of anilines is 1. The summed E-state index contributed by atoms with van der Waals surface area (Å²) in [7, 11) is 0. The lowest BCUT2D eigenvalue weighted by Gasteiger charge is -2.17. The van der Waals surface area contributed by atoms with Crippen LogP contribution in [0.4, 0.5) is 18.9 Å². The highest BCUT2D eigenvalue weighted by atomic mass is 19.4. The van der Waals surface area contributed by atoms with Crippen molar-refractivity contribution in [3.8, 4) is 11.5 Å². The summed E-state index contributed by atoms with van der Waals surface area (Å²) in [6.45, 7) is 3.68. The van der Waals surface area contributed by atoms with Crippen molar-refractivity contribution < 1.29 is 22.7 Å². The predicted molar refractivity (Wildman–Crippen MR) is 105 cm³/mol. The Hall–Kier alpha value is -3.33. The molecule has 0 radical (unpaired) electrons. The van der Waals surface area contributed by atoms with Gasteiger partial charge in [0, 0.05) is 17.7 Å². The molecule has 0 aliphatic carbocycles. The fourth-order valence-electron chi connectivity index (χ4n) is 3.22. The van der Waals surface area contributed by atoms with E-state index in [-0.39, 0.29) is 6.42 Å². The molecule has 0 bridgehead atoms. The number of alkyl halides is 3. The number of aliphatic hydroxyl groups is 1. The van der Waals surface area contributed by atoms with Gasteiger partial charge in [-0.15, -0.1) is 5.10 Å². The lowest BCUT2D eigenvalue weighted by Crippen LogP contribution is -2.22. The molecule has 2 N–H and O–H groups in total. The summed E-state index contributed by atoms with van der Waals surface area (Å²) in [5, 5.41) is 17.6. The Morgan fingerprint density at radius 3 is 2.67 bits per heavy atom. The van der Waals surface area contributed by atoms with E-state index in [0.717, 1.165) is 23.3 Å². The number of halogens is 3. The van der Waals surface area contributed by atoms with Gasteiger partial charge in [0.05, 0.1) is 11.8 Å². The maximum atomic E-state index is 12.9. The topological polar surface area (TPSA) is 75.6 Å². The molecule has 0 aliphatic heterocycles. The Morgan fingerprint density at radius 1 is 1.17 bits per heavy atom. The number of fused-ring (bicyclic) bond motifs is 1. The normalized spacial score (nSPS) is 13.0. The largest absolute Gasteiger partial charge is 0.417 e. The van der Waals surface area contributed by atoms with Gasteiger partial charge in [-0.25, -0.2) is 4.98 Å². The fraction of sp³-hybridized carbons (Fsp3) is 0.238. The van der Waals surface area contributed by atoms with E-state index in [1.165, 1.54) is 6.07 Å². The van der Waals surface area contributed by atoms with Gasteiger partial charge >= 0.3 is 6.18 Å². The van der Waals surface area contributed by atoms with E-state index < -0.39 is 18.0 Å². The van der Waals surface area contributed by atoms with Crippen LogP contribution in [0.3, 0.4) is 0 Å². The highest BCUT2D eigenvalue weighted by Crippen LogP contribution is 2.30. The van der Waals surface area contributed by atoms with Crippen LogP contribution in [0, 0.1) is 13.8 Å². The highest BCUT2D eigenvalue weighted by molar-refractivity contribution is 5.63. The highest BCUT2D eigenvalue weighted by Gasteiger charge is 2.30. The van der Waals surface area contributed by atoms with Gasteiger partial charge in [0.2, 0.25) is 11.6 Å². The van der Waals surface area contributed by atoms with Gasteiger partial charge < -0.3 is 14.8 Å². The van der Waals surface area contributed by atoms with Crippen LogP contribution in [-0.2, 0) is 12.6 Å². The Labute approximate surface area is 170 Å². The van der Waals surface area contributed by atoms with Crippen LogP contribution < -0.4 is 5.32 Å². The van der Waals surface area contributed by atoms with Crippen LogP contribution in [0.15, 0.2) is 53.1 Å². The number of nitrogens with zero attached hydrogens (tertiary/aromatic N) is 3. The molecule has 0 amide bonds. The molecule has 0 aliphatic rings. The minimum absolute atomic E-state index is 0.0304. The average molecular weight is 416 g/mol. The molecule has 6 nitrogen and oxygen atoms in total. The molecule has 4 aromatic rings. The van der Waals surface area contributed by atoms with Crippen molar-refractivity contribution in [2.75, 3.05) is 5.32 Å². The summed E-state index contributed by atoms with van der Waals surface area (Å²) in [6, 6.07) is 10.4.